The maximum atomic E-state index is 11.5. The van der Waals surface area contributed by atoms with E-state index in [1.54, 1.807) is 0 Å². The summed E-state index contributed by atoms with van der Waals surface area (Å²) in [6, 6.07) is 2.35. The van der Waals surface area contributed by atoms with Crippen LogP contribution < -0.4 is 0 Å². The van der Waals surface area contributed by atoms with Crippen molar-refractivity contribution in [2.45, 2.75) is 52.4 Å². The lowest BCUT2D eigenvalue weighted by Gasteiger charge is -2.39. The lowest BCUT2D eigenvalue weighted by atomic mass is 9.60. The Morgan fingerprint density at radius 2 is 1.82 bits per heavy atom. The number of aldehydes is 2. The van der Waals surface area contributed by atoms with Gasteiger partial charge in [-0.2, -0.15) is 5.26 Å². The first kappa shape index (κ1) is 13.9. The monoisotopic (exact) mass is 235 g/mol. The van der Waals surface area contributed by atoms with Gasteiger partial charge in [-0.05, 0) is 25.7 Å². The first-order valence-electron chi connectivity index (χ1n) is 6.47. The highest BCUT2D eigenvalue weighted by atomic mass is 16.1. The molecule has 0 amide bonds. The van der Waals surface area contributed by atoms with Crippen LogP contribution in [-0.4, -0.2) is 12.6 Å². The lowest BCUT2D eigenvalue weighted by molar-refractivity contribution is -0.131. The summed E-state index contributed by atoms with van der Waals surface area (Å²) in [5.74, 6) is -0.449. The first-order valence-corrected chi connectivity index (χ1v) is 6.47. The van der Waals surface area contributed by atoms with Gasteiger partial charge in [0, 0.05) is 11.3 Å². The predicted octanol–water partition coefficient (Wildman–Crippen LogP) is 2.89. The van der Waals surface area contributed by atoms with Crippen molar-refractivity contribution in [1.29, 1.82) is 5.26 Å². The number of rotatable bonds is 6. The van der Waals surface area contributed by atoms with Gasteiger partial charge in [0.25, 0.3) is 0 Å². The number of nitrogens with zero attached hydrogens (tertiary/aromatic N) is 1. The zero-order valence-corrected chi connectivity index (χ0v) is 10.7. The molecule has 0 saturated heterocycles. The van der Waals surface area contributed by atoms with E-state index in [1.807, 2.05) is 13.8 Å². The summed E-state index contributed by atoms with van der Waals surface area (Å²) in [4.78, 5) is 22.9. The van der Waals surface area contributed by atoms with Gasteiger partial charge < -0.3 is 9.59 Å². The molecule has 1 unspecified atom stereocenters. The van der Waals surface area contributed by atoms with Crippen LogP contribution in [-0.2, 0) is 9.59 Å². The molecule has 94 valence electrons. The molecule has 0 N–H and O–H groups in total. The molecule has 0 aromatic carbocycles. The van der Waals surface area contributed by atoms with Crippen LogP contribution in [0, 0.1) is 28.1 Å². The van der Waals surface area contributed by atoms with Gasteiger partial charge in [-0.3, -0.25) is 0 Å². The molecule has 17 heavy (non-hydrogen) atoms. The topological polar surface area (TPSA) is 57.9 Å². The van der Waals surface area contributed by atoms with Crippen molar-refractivity contribution in [1.82, 2.24) is 0 Å². The van der Waals surface area contributed by atoms with Crippen LogP contribution in [0.4, 0.5) is 0 Å². The standard InChI is InChI=1S/C14H21NO2/c1-3-13(4-2,11-17)12(9-16)14(10-15)7-5-6-8-14/h9,11-12H,3-8H2,1-2H3. The quantitative estimate of drug-likeness (QED) is 0.665. The first-order chi connectivity index (χ1) is 8.14. The molecule has 3 heteroatoms. The largest absolute Gasteiger partial charge is 0.303 e. The third-order valence-corrected chi connectivity index (χ3v) is 4.62. The van der Waals surface area contributed by atoms with Crippen LogP contribution in [0.2, 0.25) is 0 Å². The number of carbonyl (C=O) groups is 2. The van der Waals surface area contributed by atoms with Crippen molar-refractivity contribution in [2.75, 3.05) is 0 Å². The number of hydrogen-bond acceptors (Lipinski definition) is 3. The highest BCUT2D eigenvalue weighted by molar-refractivity contribution is 5.70. The Bertz CT molecular complexity index is 320. The molecule has 0 aromatic heterocycles. The van der Waals surface area contributed by atoms with E-state index in [0.29, 0.717) is 12.8 Å². The van der Waals surface area contributed by atoms with Crippen LogP contribution in [0.15, 0.2) is 0 Å². The van der Waals surface area contributed by atoms with Gasteiger partial charge in [0.05, 0.1) is 11.5 Å². The van der Waals surface area contributed by atoms with E-state index in [-0.39, 0.29) is 0 Å². The molecular weight excluding hydrogens is 214 g/mol. The zero-order chi connectivity index (χ0) is 12.9. The summed E-state index contributed by atoms with van der Waals surface area (Å²) in [5.41, 5.74) is -1.25. The maximum absolute atomic E-state index is 11.5. The Morgan fingerprint density at radius 3 is 2.12 bits per heavy atom. The second-order valence-corrected chi connectivity index (χ2v) is 5.15. The molecule has 0 aliphatic heterocycles. The van der Waals surface area contributed by atoms with E-state index in [4.69, 9.17) is 0 Å². The Morgan fingerprint density at radius 1 is 1.29 bits per heavy atom. The average Bonchev–Trinajstić information content (AvgIpc) is 2.86. The lowest BCUT2D eigenvalue weighted by Crippen LogP contribution is -2.42. The molecule has 3 nitrogen and oxygen atoms in total. The third-order valence-electron chi connectivity index (χ3n) is 4.62. The van der Waals surface area contributed by atoms with E-state index in [1.165, 1.54) is 0 Å². The minimum atomic E-state index is -0.651. The van der Waals surface area contributed by atoms with Gasteiger partial charge in [-0.1, -0.05) is 26.7 Å². The van der Waals surface area contributed by atoms with Crippen molar-refractivity contribution in [3.63, 3.8) is 0 Å². The molecule has 1 rings (SSSR count). The van der Waals surface area contributed by atoms with Crippen molar-refractivity contribution in [3.05, 3.63) is 0 Å². The van der Waals surface area contributed by atoms with Gasteiger partial charge in [0.2, 0.25) is 0 Å². The van der Waals surface area contributed by atoms with E-state index in [9.17, 15) is 14.9 Å². The fourth-order valence-electron chi connectivity index (χ4n) is 3.24. The second kappa shape index (κ2) is 5.44. The van der Waals surface area contributed by atoms with Crippen molar-refractivity contribution < 1.29 is 9.59 Å². The highest BCUT2D eigenvalue weighted by Gasteiger charge is 2.51. The molecule has 0 bridgehead atoms. The average molecular weight is 235 g/mol. The van der Waals surface area contributed by atoms with E-state index < -0.39 is 16.7 Å². The van der Waals surface area contributed by atoms with Crippen molar-refractivity contribution in [2.24, 2.45) is 16.7 Å². The minimum Gasteiger partial charge on any atom is -0.303 e. The summed E-state index contributed by atoms with van der Waals surface area (Å²) < 4.78 is 0. The van der Waals surface area contributed by atoms with Crippen LogP contribution in [0.3, 0.4) is 0 Å². The smallest absolute Gasteiger partial charge is 0.126 e. The molecular formula is C14H21NO2. The molecule has 1 aliphatic carbocycles. The molecule has 0 spiro atoms. The third kappa shape index (κ3) is 2.13. The van der Waals surface area contributed by atoms with Gasteiger partial charge in [-0.25, -0.2) is 0 Å². The van der Waals surface area contributed by atoms with Gasteiger partial charge in [-0.15, -0.1) is 0 Å². The summed E-state index contributed by atoms with van der Waals surface area (Å²) >= 11 is 0. The summed E-state index contributed by atoms with van der Waals surface area (Å²) in [7, 11) is 0. The van der Waals surface area contributed by atoms with E-state index >= 15 is 0 Å². The maximum Gasteiger partial charge on any atom is 0.126 e. The van der Waals surface area contributed by atoms with E-state index in [2.05, 4.69) is 6.07 Å². The molecule has 0 heterocycles. The van der Waals surface area contributed by atoms with Crippen LogP contribution in [0.1, 0.15) is 52.4 Å². The number of carbonyl (C=O) groups excluding carboxylic acids is 2. The summed E-state index contributed by atoms with van der Waals surface area (Å²) in [6.45, 7) is 3.85. The Labute approximate surface area is 103 Å². The van der Waals surface area contributed by atoms with Gasteiger partial charge in [0.1, 0.15) is 12.6 Å². The fourth-order valence-corrected chi connectivity index (χ4v) is 3.24. The zero-order valence-electron chi connectivity index (χ0n) is 10.7. The minimum absolute atomic E-state index is 0.449. The van der Waals surface area contributed by atoms with E-state index in [0.717, 1.165) is 38.3 Å². The summed E-state index contributed by atoms with van der Waals surface area (Å²) in [5, 5.41) is 9.44. The Hall–Kier alpha value is -1.17. The molecule has 0 aromatic rings. The number of nitriles is 1. The summed E-state index contributed by atoms with van der Waals surface area (Å²) in [6.07, 6.45) is 6.49. The molecule has 1 fully saturated rings. The van der Waals surface area contributed by atoms with Crippen molar-refractivity contribution in [3.8, 4) is 6.07 Å². The molecule has 0 radical (unpaired) electrons. The normalized spacial score (nSPS) is 20.5. The SMILES string of the molecule is CCC(C=O)(CC)C(C=O)C1(C#N)CCCC1. The Balaban J connectivity index is 3.17. The predicted molar refractivity (Wildman–Crippen MR) is 65.1 cm³/mol. The Kier molecular flexibility index (Phi) is 4.45. The fraction of sp³-hybridized carbons (Fsp3) is 0.786. The van der Waals surface area contributed by atoms with Crippen molar-refractivity contribution >= 4 is 12.6 Å². The van der Waals surface area contributed by atoms with Crippen LogP contribution in [0.25, 0.3) is 0 Å². The molecule has 1 aliphatic rings. The van der Waals surface area contributed by atoms with Gasteiger partial charge in [0.15, 0.2) is 0 Å². The van der Waals surface area contributed by atoms with Crippen LogP contribution in [0.5, 0.6) is 0 Å². The second-order valence-electron chi connectivity index (χ2n) is 5.15. The van der Waals surface area contributed by atoms with Crippen LogP contribution >= 0.6 is 0 Å². The molecule has 1 atom stereocenters. The molecule has 1 saturated carbocycles. The van der Waals surface area contributed by atoms with Gasteiger partial charge >= 0.3 is 0 Å². The highest BCUT2D eigenvalue weighted by Crippen LogP contribution is 2.51. The number of hydrogen-bond donors (Lipinski definition) is 0.